The van der Waals surface area contributed by atoms with E-state index in [1.807, 2.05) is 24.3 Å². The fraction of sp³-hybridized carbons (Fsp3) is 0.333. The highest BCUT2D eigenvalue weighted by molar-refractivity contribution is 6.35. The van der Waals surface area contributed by atoms with Crippen LogP contribution < -0.4 is 15.2 Å². The van der Waals surface area contributed by atoms with E-state index in [2.05, 4.69) is 53.2 Å². The van der Waals surface area contributed by atoms with E-state index in [0.29, 0.717) is 60.9 Å². The van der Waals surface area contributed by atoms with Gasteiger partial charge in [0.25, 0.3) is 0 Å². The smallest absolute Gasteiger partial charge is 0.250 e. The SMILES string of the molecule is Cl.Clc1ccc(Cn2cc(C=NNc3nc(N4CCOCC4)nc(N4CCOCC4)n3)c3ccccc32)c(Cl)c1. The molecule has 0 amide bonds. The van der Waals surface area contributed by atoms with Gasteiger partial charge < -0.3 is 23.8 Å². The average Bonchev–Trinajstić information content (AvgIpc) is 3.32. The molecule has 2 aliphatic heterocycles. The van der Waals surface area contributed by atoms with E-state index < -0.39 is 0 Å². The third-order valence-corrected chi connectivity index (χ3v) is 7.33. The van der Waals surface area contributed by atoms with Gasteiger partial charge in [-0.2, -0.15) is 20.1 Å². The molecule has 0 unspecified atom stereocenters. The van der Waals surface area contributed by atoms with Crippen LogP contribution in [0.1, 0.15) is 11.1 Å². The van der Waals surface area contributed by atoms with Gasteiger partial charge in [-0.3, -0.25) is 0 Å². The molecule has 2 aromatic carbocycles. The minimum atomic E-state index is 0. The summed E-state index contributed by atoms with van der Waals surface area (Å²) in [5, 5.41) is 6.84. The summed E-state index contributed by atoms with van der Waals surface area (Å²) in [6.45, 7) is 6.10. The maximum Gasteiger partial charge on any atom is 0.250 e. The number of anilines is 3. The largest absolute Gasteiger partial charge is 0.378 e. The summed E-state index contributed by atoms with van der Waals surface area (Å²) in [6, 6.07) is 13.8. The van der Waals surface area contributed by atoms with Gasteiger partial charge in [0.1, 0.15) is 0 Å². The minimum Gasteiger partial charge on any atom is -0.378 e. The molecular weight excluding hydrogens is 575 g/mol. The third-order valence-electron chi connectivity index (χ3n) is 6.74. The van der Waals surface area contributed by atoms with Crippen LogP contribution in [0.25, 0.3) is 10.9 Å². The number of para-hydroxylation sites is 1. The number of benzene rings is 2. The van der Waals surface area contributed by atoms with Crippen molar-refractivity contribution in [2.45, 2.75) is 6.54 Å². The van der Waals surface area contributed by atoms with Crippen molar-refractivity contribution >= 4 is 70.6 Å². The molecule has 13 heteroatoms. The number of rotatable bonds is 7. The maximum absolute atomic E-state index is 6.45. The Morgan fingerprint density at radius 2 is 1.52 bits per heavy atom. The number of fused-ring (bicyclic) bond motifs is 1. The Kier molecular flexibility index (Phi) is 9.23. The minimum absolute atomic E-state index is 0. The van der Waals surface area contributed by atoms with Crippen molar-refractivity contribution in [1.82, 2.24) is 19.5 Å². The Bertz CT molecular complexity index is 1450. The summed E-state index contributed by atoms with van der Waals surface area (Å²) in [5.41, 5.74) is 6.06. The second kappa shape index (κ2) is 13.0. The second-order valence-electron chi connectivity index (χ2n) is 9.29. The molecule has 0 aliphatic carbocycles. The molecule has 2 saturated heterocycles. The molecule has 0 atom stereocenters. The van der Waals surface area contributed by atoms with Crippen LogP contribution in [0.4, 0.5) is 17.8 Å². The summed E-state index contributed by atoms with van der Waals surface area (Å²) in [5.74, 6) is 1.62. The lowest BCUT2D eigenvalue weighted by Crippen LogP contribution is -2.40. The van der Waals surface area contributed by atoms with Gasteiger partial charge in [0, 0.05) is 65.4 Å². The number of hydrogen-bond acceptors (Lipinski definition) is 9. The van der Waals surface area contributed by atoms with Crippen molar-refractivity contribution in [3.05, 3.63) is 69.8 Å². The van der Waals surface area contributed by atoms with Gasteiger partial charge >= 0.3 is 0 Å². The highest BCUT2D eigenvalue weighted by atomic mass is 35.5. The molecule has 0 spiro atoms. The van der Waals surface area contributed by atoms with Crippen LogP contribution in [-0.2, 0) is 16.0 Å². The van der Waals surface area contributed by atoms with Gasteiger partial charge in [-0.1, -0.05) is 47.5 Å². The van der Waals surface area contributed by atoms with Crippen LogP contribution in [0.5, 0.6) is 0 Å². The van der Waals surface area contributed by atoms with Crippen LogP contribution in [-0.4, -0.2) is 78.3 Å². The number of aromatic nitrogens is 4. The van der Waals surface area contributed by atoms with E-state index in [9.17, 15) is 0 Å². The molecule has 4 heterocycles. The van der Waals surface area contributed by atoms with Gasteiger partial charge in [0.15, 0.2) is 0 Å². The first-order valence-corrected chi connectivity index (χ1v) is 13.6. The summed E-state index contributed by atoms with van der Waals surface area (Å²) in [4.78, 5) is 18.3. The van der Waals surface area contributed by atoms with E-state index in [1.165, 1.54) is 0 Å². The van der Waals surface area contributed by atoms with Crippen LogP contribution in [0, 0.1) is 0 Å². The Hall–Kier alpha value is -3.15. The topological polar surface area (TPSA) is 92.9 Å². The highest BCUT2D eigenvalue weighted by Crippen LogP contribution is 2.26. The Balaban J connectivity index is 0.00000323. The second-order valence-corrected chi connectivity index (χ2v) is 10.1. The predicted octanol–water partition coefficient (Wildman–Crippen LogP) is 4.72. The molecule has 2 fully saturated rings. The van der Waals surface area contributed by atoms with Gasteiger partial charge in [-0.05, 0) is 23.8 Å². The first kappa shape index (κ1) is 28.4. The summed E-state index contributed by atoms with van der Waals surface area (Å²) >= 11 is 12.5. The van der Waals surface area contributed by atoms with Gasteiger partial charge in [-0.25, -0.2) is 5.43 Å². The molecule has 2 aliphatic rings. The zero-order valence-electron chi connectivity index (χ0n) is 21.7. The molecule has 0 radical (unpaired) electrons. The molecule has 210 valence electrons. The molecule has 0 saturated carbocycles. The Labute approximate surface area is 248 Å². The Morgan fingerprint density at radius 3 is 2.17 bits per heavy atom. The number of nitrogens with zero attached hydrogens (tertiary/aromatic N) is 7. The van der Waals surface area contributed by atoms with E-state index in [-0.39, 0.29) is 12.4 Å². The van der Waals surface area contributed by atoms with Crippen LogP contribution in [0.15, 0.2) is 53.8 Å². The normalized spacial score (nSPS) is 15.9. The molecule has 0 bridgehead atoms. The number of hydrazone groups is 1. The molecule has 2 aromatic heterocycles. The fourth-order valence-corrected chi connectivity index (χ4v) is 5.18. The van der Waals surface area contributed by atoms with Crippen molar-refractivity contribution in [2.24, 2.45) is 5.10 Å². The van der Waals surface area contributed by atoms with Gasteiger partial charge in [0.05, 0.1) is 32.6 Å². The standard InChI is InChI=1S/C27H28Cl2N8O2.ClH/c28-21-6-5-19(23(29)15-21)17-37-18-20(22-3-1-2-4-24(22)37)16-30-34-25-31-26(35-7-11-38-12-8-35)33-27(32-25)36-9-13-39-14-10-36;/h1-6,15-16,18H,7-14,17H2,(H,31,32,33,34);1H. The molecule has 1 N–H and O–H groups in total. The Morgan fingerprint density at radius 1 is 0.875 bits per heavy atom. The molecule has 40 heavy (non-hydrogen) atoms. The lowest BCUT2D eigenvalue weighted by atomic mass is 10.2. The van der Waals surface area contributed by atoms with Crippen molar-refractivity contribution in [2.75, 3.05) is 67.8 Å². The summed E-state index contributed by atoms with van der Waals surface area (Å²) < 4.78 is 13.2. The molecule has 10 nitrogen and oxygen atoms in total. The number of hydrogen-bond donors (Lipinski definition) is 1. The molecule has 6 rings (SSSR count). The zero-order chi connectivity index (χ0) is 26.6. The van der Waals surface area contributed by atoms with Crippen LogP contribution in [0.3, 0.4) is 0 Å². The fourth-order valence-electron chi connectivity index (χ4n) is 4.72. The van der Waals surface area contributed by atoms with Crippen molar-refractivity contribution in [3.8, 4) is 0 Å². The molecule has 4 aromatic rings. The summed E-state index contributed by atoms with van der Waals surface area (Å²) in [7, 11) is 0. The number of halogens is 3. The number of morpholine rings is 2. The van der Waals surface area contributed by atoms with Crippen molar-refractivity contribution in [3.63, 3.8) is 0 Å². The monoisotopic (exact) mass is 602 g/mol. The van der Waals surface area contributed by atoms with E-state index in [0.717, 1.165) is 48.2 Å². The lowest BCUT2D eigenvalue weighted by Gasteiger charge is -2.30. The van der Waals surface area contributed by atoms with E-state index in [4.69, 9.17) is 37.7 Å². The third kappa shape index (κ3) is 6.42. The van der Waals surface area contributed by atoms with E-state index in [1.54, 1.807) is 12.3 Å². The van der Waals surface area contributed by atoms with Crippen molar-refractivity contribution in [1.29, 1.82) is 0 Å². The van der Waals surface area contributed by atoms with Gasteiger partial charge in [-0.15, -0.1) is 12.4 Å². The number of ether oxygens (including phenoxy) is 2. The highest BCUT2D eigenvalue weighted by Gasteiger charge is 2.20. The van der Waals surface area contributed by atoms with Crippen LogP contribution >= 0.6 is 35.6 Å². The number of nitrogens with one attached hydrogen (secondary N) is 1. The van der Waals surface area contributed by atoms with Gasteiger partial charge in [0.2, 0.25) is 17.8 Å². The summed E-state index contributed by atoms with van der Waals surface area (Å²) in [6.07, 6.45) is 3.85. The first-order chi connectivity index (χ1) is 19.1. The van der Waals surface area contributed by atoms with Crippen LogP contribution in [0.2, 0.25) is 10.0 Å². The first-order valence-electron chi connectivity index (χ1n) is 12.9. The average molecular weight is 604 g/mol. The van der Waals surface area contributed by atoms with Crippen molar-refractivity contribution < 1.29 is 9.47 Å². The lowest BCUT2D eigenvalue weighted by molar-refractivity contribution is 0.121. The zero-order valence-corrected chi connectivity index (χ0v) is 24.0. The predicted molar refractivity (Wildman–Crippen MR) is 162 cm³/mol. The maximum atomic E-state index is 6.45. The van der Waals surface area contributed by atoms with E-state index >= 15 is 0 Å². The quantitative estimate of drug-likeness (QED) is 0.240. The molecular formula is C27H29Cl3N8O2.